The monoisotopic (exact) mass is 451 g/mol. The minimum atomic E-state index is -0.633. The summed E-state index contributed by atoms with van der Waals surface area (Å²) in [5, 5.41) is 13.6. The van der Waals surface area contributed by atoms with Gasteiger partial charge in [-0.15, -0.1) is 35.3 Å². The molecule has 130 valence electrons. The number of nitrogens with two attached hydrogens (primary N) is 1. The maximum absolute atomic E-state index is 10.5. The van der Waals surface area contributed by atoms with Crippen LogP contribution in [-0.2, 0) is 0 Å². The lowest BCUT2D eigenvalue weighted by Crippen LogP contribution is -2.51. The number of halogens is 1. The van der Waals surface area contributed by atoms with Crippen LogP contribution in [0, 0.1) is 0 Å². The number of hydrogen-bond donors (Lipinski definition) is 2. The van der Waals surface area contributed by atoms with Crippen molar-refractivity contribution in [3.8, 4) is 0 Å². The van der Waals surface area contributed by atoms with Gasteiger partial charge in [0.15, 0.2) is 11.1 Å². The average molecular weight is 451 g/mol. The summed E-state index contributed by atoms with van der Waals surface area (Å²) in [5.41, 5.74) is 5.49. The second kappa shape index (κ2) is 8.48. The number of anilines is 1. The van der Waals surface area contributed by atoms with Crippen molar-refractivity contribution in [3.63, 3.8) is 0 Å². The first-order valence-corrected chi connectivity index (χ1v) is 8.96. The fourth-order valence-electron chi connectivity index (χ4n) is 3.20. The molecule has 0 bridgehead atoms. The highest BCUT2D eigenvalue weighted by Crippen LogP contribution is 2.28. The molecule has 1 saturated heterocycles. The first-order chi connectivity index (χ1) is 10.7. The Labute approximate surface area is 158 Å². The second-order valence-corrected chi connectivity index (χ2v) is 7.12. The van der Waals surface area contributed by atoms with Crippen LogP contribution in [-0.4, -0.2) is 59.3 Å². The molecule has 0 unspecified atom stereocenters. The van der Waals surface area contributed by atoms with Crippen molar-refractivity contribution in [1.29, 1.82) is 0 Å². The van der Waals surface area contributed by atoms with Crippen LogP contribution >= 0.6 is 35.3 Å². The van der Waals surface area contributed by atoms with E-state index < -0.39 is 5.60 Å². The normalized spacial score (nSPS) is 21.9. The van der Waals surface area contributed by atoms with Gasteiger partial charge in [-0.25, -0.2) is 4.98 Å². The van der Waals surface area contributed by atoms with E-state index in [9.17, 15) is 5.11 Å². The second-order valence-electron chi connectivity index (χ2n) is 6.25. The Morgan fingerprint density at radius 1 is 1.26 bits per heavy atom. The molecule has 0 radical (unpaired) electrons. The van der Waals surface area contributed by atoms with Crippen LogP contribution in [0.15, 0.2) is 16.6 Å². The summed E-state index contributed by atoms with van der Waals surface area (Å²) >= 11 is 1.67. The molecule has 1 aromatic rings. The van der Waals surface area contributed by atoms with E-state index in [0.29, 0.717) is 12.5 Å². The van der Waals surface area contributed by atoms with Gasteiger partial charge in [-0.3, -0.25) is 4.99 Å². The van der Waals surface area contributed by atoms with E-state index in [1.807, 2.05) is 11.6 Å². The molecule has 3 N–H and O–H groups in total. The predicted molar refractivity (Wildman–Crippen MR) is 106 cm³/mol. The zero-order chi connectivity index (χ0) is 15.4. The van der Waals surface area contributed by atoms with Crippen molar-refractivity contribution >= 4 is 46.4 Å². The van der Waals surface area contributed by atoms with E-state index in [1.165, 1.54) is 6.42 Å². The summed E-state index contributed by atoms with van der Waals surface area (Å²) in [5.74, 6) is 0.567. The lowest BCUT2D eigenvalue weighted by molar-refractivity contribution is 0.0130. The van der Waals surface area contributed by atoms with Crippen molar-refractivity contribution in [2.75, 3.05) is 37.6 Å². The molecule has 3 rings (SSSR count). The van der Waals surface area contributed by atoms with Gasteiger partial charge in [-0.2, -0.15) is 0 Å². The molecule has 23 heavy (non-hydrogen) atoms. The van der Waals surface area contributed by atoms with Gasteiger partial charge in [0.05, 0.1) is 12.1 Å². The van der Waals surface area contributed by atoms with E-state index >= 15 is 0 Å². The molecule has 0 spiro atoms. The third-order valence-corrected chi connectivity index (χ3v) is 5.45. The topological polar surface area (TPSA) is 78.0 Å². The van der Waals surface area contributed by atoms with Gasteiger partial charge < -0.3 is 20.6 Å². The van der Waals surface area contributed by atoms with Gasteiger partial charge in [-0.05, 0) is 12.8 Å². The molecule has 1 aliphatic carbocycles. The van der Waals surface area contributed by atoms with Crippen LogP contribution in [0.25, 0.3) is 0 Å². The molecule has 0 amide bonds. The fraction of sp³-hybridized carbons (Fsp3) is 0.733. The molecular weight excluding hydrogens is 425 g/mol. The van der Waals surface area contributed by atoms with Crippen LogP contribution in [0.3, 0.4) is 0 Å². The number of aliphatic imine (C=N–C) groups is 1. The number of aromatic nitrogens is 1. The number of piperazine rings is 1. The molecule has 2 fully saturated rings. The van der Waals surface area contributed by atoms with Crippen LogP contribution in [0.4, 0.5) is 5.13 Å². The molecule has 2 heterocycles. The lowest BCUT2D eigenvalue weighted by atomic mass is 9.85. The van der Waals surface area contributed by atoms with Crippen LogP contribution in [0.1, 0.15) is 32.1 Å². The number of hydrogen-bond acceptors (Lipinski definition) is 5. The van der Waals surface area contributed by atoms with Gasteiger partial charge in [0.1, 0.15) is 0 Å². The Morgan fingerprint density at radius 2 is 1.96 bits per heavy atom. The highest BCUT2D eigenvalue weighted by Gasteiger charge is 2.29. The predicted octanol–water partition coefficient (Wildman–Crippen LogP) is 1.89. The standard InChI is InChI=1S/C15H25N5OS.HI/c16-13(18-12-15(21)4-2-1-3-5-15)19-7-9-20(10-8-19)14-17-6-11-22-14;/h6,11,21H,1-5,7-10,12H2,(H2,16,18);1H. The van der Waals surface area contributed by atoms with E-state index in [0.717, 1.165) is 57.0 Å². The molecule has 0 aromatic carbocycles. The summed E-state index contributed by atoms with van der Waals surface area (Å²) in [6, 6.07) is 0. The molecule has 1 saturated carbocycles. The lowest BCUT2D eigenvalue weighted by Gasteiger charge is -2.36. The Balaban J connectivity index is 0.00000192. The molecule has 2 aliphatic rings. The average Bonchev–Trinajstić information content (AvgIpc) is 3.08. The molecule has 0 atom stereocenters. The fourth-order valence-corrected chi connectivity index (χ4v) is 3.89. The van der Waals surface area contributed by atoms with Gasteiger partial charge >= 0.3 is 0 Å². The molecular formula is C15H26IN5OS. The maximum atomic E-state index is 10.5. The minimum Gasteiger partial charge on any atom is -0.388 e. The SMILES string of the molecule is I.NC(=NCC1(O)CCCCC1)N1CCN(c2nccs2)CC1. The molecule has 1 aromatic heterocycles. The van der Waals surface area contributed by atoms with Gasteiger partial charge in [-0.1, -0.05) is 19.3 Å². The van der Waals surface area contributed by atoms with Crippen molar-refractivity contribution in [2.24, 2.45) is 10.7 Å². The Morgan fingerprint density at radius 3 is 2.57 bits per heavy atom. The Kier molecular flexibility index (Phi) is 6.90. The Bertz CT molecular complexity index is 496. The Hall–Kier alpha value is -0.610. The molecule has 1 aliphatic heterocycles. The summed E-state index contributed by atoms with van der Waals surface area (Å²) in [7, 11) is 0. The highest BCUT2D eigenvalue weighted by atomic mass is 127. The van der Waals surface area contributed by atoms with Crippen LogP contribution < -0.4 is 10.6 Å². The quantitative estimate of drug-likeness (QED) is 0.417. The maximum Gasteiger partial charge on any atom is 0.191 e. The minimum absolute atomic E-state index is 0. The first-order valence-electron chi connectivity index (χ1n) is 8.08. The first kappa shape index (κ1) is 18.7. The van der Waals surface area contributed by atoms with Crippen molar-refractivity contribution < 1.29 is 5.11 Å². The van der Waals surface area contributed by atoms with Gasteiger partial charge in [0, 0.05) is 37.8 Å². The summed E-state index contributed by atoms with van der Waals surface area (Å²) in [6.07, 6.45) is 6.95. The number of aliphatic hydroxyl groups is 1. The van der Waals surface area contributed by atoms with E-state index in [4.69, 9.17) is 5.73 Å². The van der Waals surface area contributed by atoms with E-state index in [1.54, 1.807) is 11.3 Å². The van der Waals surface area contributed by atoms with Crippen molar-refractivity contribution in [3.05, 3.63) is 11.6 Å². The number of rotatable bonds is 3. The zero-order valence-corrected chi connectivity index (χ0v) is 16.5. The van der Waals surface area contributed by atoms with Gasteiger partial charge in [0.25, 0.3) is 0 Å². The number of guanidine groups is 1. The van der Waals surface area contributed by atoms with Crippen LogP contribution in [0.5, 0.6) is 0 Å². The number of thiazole rings is 1. The van der Waals surface area contributed by atoms with Crippen molar-refractivity contribution in [2.45, 2.75) is 37.7 Å². The molecule has 8 heteroatoms. The highest BCUT2D eigenvalue weighted by molar-refractivity contribution is 14.0. The van der Waals surface area contributed by atoms with E-state index in [2.05, 4.69) is 19.8 Å². The summed E-state index contributed by atoms with van der Waals surface area (Å²) < 4.78 is 0. The smallest absolute Gasteiger partial charge is 0.191 e. The van der Waals surface area contributed by atoms with Crippen LogP contribution in [0.2, 0.25) is 0 Å². The number of nitrogens with zero attached hydrogens (tertiary/aromatic N) is 4. The van der Waals surface area contributed by atoms with E-state index in [-0.39, 0.29) is 24.0 Å². The zero-order valence-electron chi connectivity index (χ0n) is 13.4. The summed E-state index contributed by atoms with van der Waals surface area (Å²) in [4.78, 5) is 13.2. The third-order valence-electron chi connectivity index (χ3n) is 4.61. The molecule has 6 nitrogen and oxygen atoms in total. The largest absolute Gasteiger partial charge is 0.388 e. The third kappa shape index (κ3) is 4.93. The van der Waals surface area contributed by atoms with Crippen molar-refractivity contribution in [1.82, 2.24) is 9.88 Å². The van der Waals surface area contributed by atoms with Gasteiger partial charge in [0.2, 0.25) is 0 Å². The summed E-state index contributed by atoms with van der Waals surface area (Å²) in [6.45, 7) is 3.97.